The van der Waals surface area contributed by atoms with Crippen LogP contribution in [0.4, 0.5) is 11.4 Å². The van der Waals surface area contributed by atoms with E-state index in [-0.39, 0.29) is 21.4 Å². The summed E-state index contributed by atoms with van der Waals surface area (Å²) in [6.45, 7) is 1.61. The van der Waals surface area contributed by atoms with Crippen molar-refractivity contribution in [2.75, 3.05) is 5.32 Å². The van der Waals surface area contributed by atoms with Crippen LogP contribution >= 0.6 is 23.8 Å². The molecule has 0 aromatic heterocycles. The number of nitro groups is 1. The zero-order valence-corrected chi connectivity index (χ0v) is 16.0. The second-order valence-corrected chi connectivity index (χ2v) is 6.34. The number of halogens is 1. The SMILES string of the molecule is Cc1c(NC(=S)NC(=O)C=Cc2ccc(Cl)c([N+](=O)[O-])c2)cccc1C(=O)O. The summed E-state index contributed by atoms with van der Waals surface area (Å²) in [6.07, 6.45) is 2.53. The topological polar surface area (TPSA) is 122 Å². The van der Waals surface area contributed by atoms with E-state index in [1.807, 2.05) is 0 Å². The van der Waals surface area contributed by atoms with Gasteiger partial charge in [0.2, 0.25) is 5.91 Å². The Morgan fingerprint density at radius 2 is 2.00 bits per heavy atom. The number of nitrogens with zero attached hydrogens (tertiary/aromatic N) is 1. The van der Waals surface area contributed by atoms with Crippen molar-refractivity contribution < 1.29 is 19.6 Å². The van der Waals surface area contributed by atoms with Gasteiger partial charge in [-0.1, -0.05) is 23.7 Å². The molecule has 0 saturated heterocycles. The Labute approximate surface area is 170 Å². The predicted molar refractivity (Wildman–Crippen MR) is 110 cm³/mol. The second kappa shape index (κ2) is 9.07. The standard InChI is InChI=1S/C18H14ClN3O5S/c1-10-12(17(24)25)3-2-4-14(10)20-18(28)21-16(23)8-6-11-5-7-13(19)15(9-11)22(26)27/h2-9H,1H3,(H,24,25)(H2,20,21,23,28). The van der Waals surface area contributed by atoms with E-state index in [0.29, 0.717) is 16.8 Å². The molecule has 0 atom stereocenters. The van der Waals surface area contributed by atoms with Crippen molar-refractivity contribution in [3.63, 3.8) is 0 Å². The van der Waals surface area contributed by atoms with E-state index in [0.717, 1.165) is 6.08 Å². The largest absolute Gasteiger partial charge is 0.478 e. The van der Waals surface area contributed by atoms with Crippen LogP contribution in [0.5, 0.6) is 0 Å². The fourth-order valence-electron chi connectivity index (χ4n) is 2.26. The highest BCUT2D eigenvalue weighted by atomic mass is 35.5. The molecule has 8 nitrogen and oxygen atoms in total. The predicted octanol–water partition coefficient (Wildman–Crippen LogP) is 3.78. The molecule has 10 heteroatoms. The third kappa shape index (κ3) is 5.35. The van der Waals surface area contributed by atoms with Gasteiger partial charge >= 0.3 is 5.97 Å². The molecule has 2 aromatic carbocycles. The molecular weight excluding hydrogens is 406 g/mol. The first-order valence-corrected chi connectivity index (χ1v) is 8.54. The van der Waals surface area contributed by atoms with Crippen molar-refractivity contribution in [3.8, 4) is 0 Å². The molecule has 0 fully saturated rings. The van der Waals surface area contributed by atoms with Crippen LogP contribution in [0.2, 0.25) is 5.02 Å². The summed E-state index contributed by atoms with van der Waals surface area (Å²) in [4.78, 5) is 33.4. The van der Waals surface area contributed by atoms with E-state index in [9.17, 15) is 19.7 Å². The quantitative estimate of drug-likeness (QED) is 0.292. The van der Waals surface area contributed by atoms with Crippen LogP contribution in [-0.2, 0) is 4.79 Å². The number of hydrogen-bond acceptors (Lipinski definition) is 5. The summed E-state index contributed by atoms with van der Waals surface area (Å²) >= 11 is 10.8. The molecule has 2 aromatic rings. The van der Waals surface area contributed by atoms with Crippen molar-refractivity contribution in [1.82, 2.24) is 5.32 Å². The average Bonchev–Trinajstić information content (AvgIpc) is 2.62. The number of hydrogen-bond donors (Lipinski definition) is 3. The van der Waals surface area contributed by atoms with Crippen molar-refractivity contribution in [2.24, 2.45) is 0 Å². The number of amides is 1. The second-order valence-electron chi connectivity index (χ2n) is 5.53. The molecule has 1 amide bonds. The minimum atomic E-state index is -1.07. The zero-order valence-electron chi connectivity index (χ0n) is 14.4. The smallest absolute Gasteiger partial charge is 0.336 e. The van der Waals surface area contributed by atoms with Crippen molar-refractivity contribution in [3.05, 3.63) is 74.3 Å². The Morgan fingerprint density at radius 1 is 1.29 bits per heavy atom. The van der Waals surface area contributed by atoms with Gasteiger partial charge in [-0.15, -0.1) is 0 Å². The van der Waals surface area contributed by atoms with Gasteiger partial charge in [-0.3, -0.25) is 20.2 Å². The number of aromatic carboxylic acids is 1. The van der Waals surface area contributed by atoms with E-state index in [4.69, 9.17) is 28.9 Å². The number of rotatable bonds is 5. The normalized spacial score (nSPS) is 10.5. The molecule has 0 saturated carbocycles. The molecule has 0 aliphatic carbocycles. The lowest BCUT2D eigenvalue weighted by Crippen LogP contribution is -2.33. The first-order chi connectivity index (χ1) is 13.2. The van der Waals surface area contributed by atoms with Gasteiger partial charge in [0.05, 0.1) is 10.5 Å². The van der Waals surface area contributed by atoms with Crippen molar-refractivity contribution in [1.29, 1.82) is 0 Å². The highest BCUT2D eigenvalue weighted by Crippen LogP contribution is 2.25. The summed E-state index contributed by atoms with van der Waals surface area (Å²) in [7, 11) is 0. The minimum absolute atomic E-state index is 0.00376. The highest BCUT2D eigenvalue weighted by molar-refractivity contribution is 7.80. The number of carboxylic acids is 1. The molecule has 2 rings (SSSR count). The molecular formula is C18H14ClN3O5S. The lowest BCUT2D eigenvalue weighted by atomic mass is 10.1. The Balaban J connectivity index is 2.04. The van der Waals surface area contributed by atoms with Crippen LogP contribution in [-0.4, -0.2) is 27.0 Å². The van der Waals surface area contributed by atoms with Gasteiger partial charge in [0, 0.05) is 17.8 Å². The van der Waals surface area contributed by atoms with Gasteiger partial charge in [-0.05, 0) is 54.5 Å². The van der Waals surface area contributed by atoms with Crippen molar-refractivity contribution in [2.45, 2.75) is 6.92 Å². The van der Waals surface area contributed by atoms with Gasteiger partial charge in [0.15, 0.2) is 5.11 Å². The molecule has 144 valence electrons. The molecule has 0 bridgehead atoms. The summed E-state index contributed by atoms with van der Waals surface area (Å²) in [5.74, 6) is -1.64. The molecule has 0 unspecified atom stereocenters. The number of thiocarbonyl (C=S) groups is 1. The lowest BCUT2D eigenvalue weighted by Gasteiger charge is -2.12. The number of benzene rings is 2. The Bertz CT molecular complexity index is 1010. The Morgan fingerprint density at radius 3 is 2.64 bits per heavy atom. The summed E-state index contributed by atoms with van der Waals surface area (Å²) in [5, 5.41) is 25.2. The van der Waals surface area contributed by atoms with E-state index < -0.39 is 16.8 Å². The summed E-state index contributed by atoms with van der Waals surface area (Å²) < 4.78 is 0. The zero-order chi connectivity index (χ0) is 20.8. The van der Waals surface area contributed by atoms with Gasteiger partial charge < -0.3 is 10.4 Å². The van der Waals surface area contributed by atoms with Crippen LogP contribution in [0.3, 0.4) is 0 Å². The van der Waals surface area contributed by atoms with Crippen LogP contribution < -0.4 is 10.6 Å². The molecule has 28 heavy (non-hydrogen) atoms. The van der Waals surface area contributed by atoms with Gasteiger partial charge in [0.1, 0.15) is 5.02 Å². The third-order valence-corrected chi connectivity index (χ3v) is 4.17. The number of nitro benzene ring substituents is 1. The maximum atomic E-state index is 12.0. The minimum Gasteiger partial charge on any atom is -0.478 e. The summed E-state index contributed by atoms with van der Waals surface area (Å²) in [6, 6.07) is 8.76. The van der Waals surface area contributed by atoms with Crippen LogP contribution in [0.1, 0.15) is 21.5 Å². The first-order valence-electron chi connectivity index (χ1n) is 7.76. The number of carbonyl (C=O) groups excluding carboxylic acids is 1. The Hall–Kier alpha value is -3.30. The van der Waals surface area contributed by atoms with Gasteiger partial charge in [0.25, 0.3) is 5.69 Å². The maximum Gasteiger partial charge on any atom is 0.336 e. The monoisotopic (exact) mass is 419 g/mol. The van der Waals surface area contributed by atoms with E-state index in [1.54, 1.807) is 19.1 Å². The third-order valence-electron chi connectivity index (χ3n) is 3.64. The highest BCUT2D eigenvalue weighted by Gasteiger charge is 2.13. The molecule has 3 N–H and O–H groups in total. The molecule has 0 radical (unpaired) electrons. The van der Waals surface area contributed by atoms with Crippen molar-refractivity contribution >= 4 is 58.3 Å². The first kappa shape index (κ1) is 21.0. The van der Waals surface area contributed by atoms with E-state index >= 15 is 0 Å². The maximum absolute atomic E-state index is 12.0. The number of carboxylic acid groups (broad SMARTS) is 1. The average molecular weight is 420 g/mol. The fourth-order valence-corrected chi connectivity index (χ4v) is 2.65. The van der Waals surface area contributed by atoms with Gasteiger partial charge in [-0.25, -0.2) is 4.79 Å². The number of carbonyl (C=O) groups is 2. The van der Waals surface area contributed by atoms with E-state index in [2.05, 4.69) is 10.6 Å². The molecule has 0 aliphatic rings. The lowest BCUT2D eigenvalue weighted by molar-refractivity contribution is -0.384. The van der Waals surface area contributed by atoms with Crippen LogP contribution in [0, 0.1) is 17.0 Å². The fraction of sp³-hybridized carbons (Fsp3) is 0.0556. The number of nitrogens with one attached hydrogen (secondary N) is 2. The van der Waals surface area contributed by atoms with E-state index in [1.165, 1.54) is 30.3 Å². The Kier molecular flexibility index (Phi) is 6.80. The summed E-state index contributed by atoms with van der Waals surface area (Å²) in [5.41, 5.74) is 1.17. The number of anilines is 1. The van der Waals surface area contributed by atoms with Crippen LogP contribution in [0.15, 0.2) is 42.5 Å². The van der Waals surface area contributed by atoms with Crippen LogP contribution in [0.25, 0.3) is 6.08 Å². The molecule has 0 aliphatic heterocycles. The molecule has 0 heterocycles. The van der Waals surface area contributed by atoms with Gasteiger partial charge in [-0.2, -0.15) is 0 Å². The molecule has 0 spiro atoms.